The third-order valence-corrected chi connectivity index (χ3v) is 4.74. The van der Waals surface area contributed by atoms with Crippen molar-refractivity contribution in [3.8, 4) is 11.6 Å². The zero-order valence-electron chi connectivity index (χ0n) is 14.3. The Kier molecular flexibility index (Phi) is 4.81. The zero-order valence-corrected chi connectivity index (χ0v) is 15.1. The molecule has 0 bridgehead atoms. The van der Waals surface area contributed by atoms with Gasteiger partial charge in [-0.2, -0.15) is 4.98 Å². The van der Waals surface area contributed by atoms with Crippen molar-refractivity contribution in [3.63, 3.8) is 0 Å². The third-order valence-electron chi connectivity index (χ3n) is 3.38. The third kappa shape index (κ3) is 4.06. The molecule has 27 heavy (non-hydrogen) atoms. The molecule has 0 atom stereocenters. The van der Waals surface area contributed by atoms with E-state index in [1.54, 1.807) is 13.0 Å². The Bertz CT molecular complexity index is 1020. The summed E-state index contributed by atoms with van der Waals surface area (Å²) in [6, 6.07) is 4.62. The molecular formula is C15H15N5O6S. The molecule has 1 aromatic carbocycles. The monoisotopic (exact) mass is 393 g/mol. The van der Waals surface area contributed by atoms with E-state index in [4.69, 9.17) is 9.47 Å². The van der Waals surface area contributed by atoms with Crippen LogP contribution in [0.1, 0.15) is 5.69 Å². The van der Waals surface area contributed by atoms with Crippen LogP contribution in [0.4, 0.5) is 16.4 Å². The molecule has 0 aliphatic carbocycles. The van der Waals surface area contributed by atoms with Gasteiger partial charge in [0.15, 0.2) is 12.4 Å². The van der Waals surface area contributed by atoms with Crippen LogP contribution in [-0.4, -0.2) is 44.0 Å². The molecule has 3 rings (SSSR count). The molecule has 142 valence electrons. The number of amides is 3. The number of urea groups is 1. The lowest BCUT2D eigenvalue weighted by atomic mass is 10.2. The number of fused-ring (bicyclic) bond motifs is 1. The summed E-state index contributed by atoms with van der Waals surface area (Å²) < 4.78 is 37.1. The van der Waals surface area contributed by atoms with Gasteiger partial charge in [-0.25, -0.2) is 22.9 Å². The average Bonchev–Trinajstić information content (AvgIpc) is 2.59. The summed E-state index contributed by atoms with van der Waals surface area (Å²) >= 11 is 0. The Morgan fingerprint density at radius 3 is 2.85 bits per heavy atom. The summed E-state index contributed by atoms with van der Waals surface area (Å²) in [4.78, 5) is 31.0. The van der Waals surface area contributed by atoms with E-state index in [0.717, 1.165) is 0 Å². The molecule has 0 spiro atoms. The number of rotatable bonds is 4. The predicted molar refractivity (Wildman–Crippen MR) is 93.2 cm³/mol. The largest absolute Gasteiger partial charge is 0.481 e. The molecule has 0 saturated carbocycles. The first-order valence-corrected chi connectivity index (χ1v) is 9.06. The predicted octanol–water partition coefficient (Wildman–Crippen LogP) is 0.635. The normalized spacial score (nSPS) is 13.0. The van der Waals surface area contributed by atoms with Crippen LogP contribution in [0.5, 0.6) is 11.6 Å². The summed E-state index contributed by atoms with van der Waals surface area (Å²) in [5.74, 6) is -0.376. The van der Waals surface area contributed by atoms with Gasteiger partial charge in [0.05, 0.1) is 12.8 Å². The number of benzene rings is 1. The highest BCUT2D eigenvalue weighted by Gasteiger charge is 2.28. The van der Waals surface area contributed by atoms with E-state index in [0.29, 0.717) is 5.69 Å². The van der Waals surface area contributed by atoms with Crippen LogP contribution in [0.15, 0.2) is 29.2 Å². The van der Waals surface area contributed by atoms with E-state index >= 15 is 0 Å². The lowest BCUT2D eigenvalue weighted by molar-refractivity contribution is -0.118. The van der Waals surface area contributed by atoms with E-state index in [1.165, 1.54) is 25.3 Å². The smallest absolute Gasteiger partial charge is 0.335 e. The molecule has 3 N–H and O–H groups in total. The van der Waals surface area contributed by atoms with Crippen molar-refractivity contribution < 1.29 is 27.5 Å². The highest BCUT2D eigenvalue weighted by Crippen LogP contribution is 2.34. The van der Waals surface area contributed by atoms with Gasteiger partial charge in [0.25, 0.3) is 15.9 Å². The minimum Gasteiger partial charge on any atom is -0.481 e. The second-order valence-corrected chi connectivity index (χ2v) is 7.06. The fourth-order valence-electron chi connectivity index (χ4n) is 2.30. The summed E-state index contributed by atoms with van der Waals surface area (Å²) in [5.41, 5.74) is 0.711. The number of carbonyl (C=O) groups excluding carboxylic acids is 2. The van der Waals surface area contributed by atoms with Gasteiger partial charge in [0.1, 0.15) is 4.90 Å². The molecular weight excluding hydrogens is 378 g/mol. The number of para-hydroxylation sites is 1. The van der Waals surface area contributed by atoms with Gasteiger partial charge in [-0.3, -0.25) is 10.1 Å². The molecule has 0 unspecified atom stereocenters. The number of carbonyl (C=O) groups is 2. The molecule has 0 fully saturated rings. The number of ether oxygens (including phenoxy) is 2. The Hall–Kier alpha value is -3.41. The molecule has 2 aromatic rings. The highest BCUT2D eigenvalue weighted by molar-refractivity contribution is 7.90. The van der Waals surface area contributed by atoms with Gasteiger partial charge < -0.3 is 14.8 Å². The number of aromatic nitrogens is 2. The Morgan fingerprint density at radius 2 is 2.11 bits per heavy atom. The highest BCUT2D eigenvalue weighted by atomic mass is 32.2. The van der Waals surface area contributed by atoms with Gasteiger partial charge in [-0.05, 0) is 19.1 Å². The molecule has 0 radical (unpaired) electrons. The fourth-order valence-corrected chi connectivity index (χ4v) is 3.38. The zero-order chi connectivity index (χ0) is 19.6. The van der Waals surface area contributed by atoms with E-state index in [2.05, 4.69) is 20.6 Å². The van der Waals surface area contributed by atoms with Crippen molar-refractivity contribution >= 4 is 33.6 Å². The van der Waals surface area contributed by atoms with Gasteiger partial charge >= 0.3 is 6.03 Å². The minimum atomic E-state index is -4.29. The molecule has 1 aliphatic rings. The van der Waals surface area contributed by atoms with Crippen LogP contribution >= 0.6 is 0 Å². The van der Waals surface area contributed by atoms with E-state index < -0.39 is 22.0 Å². The molecule has 1 aliphatic heterocycles. The van der Waals surface area contributed by atoms with Crippen LogP contribution in [0.25, 0.3) is 0 Å². The van der Waals surface area contributed by atoms with Gasteiger partial charge in [0.2, 0.25) is 11.8 Å². The summed E-state index contributed by atoms with van der Waals surface area (Å²) in [6.45, 7) is 1.33. The Labute approximate surface area is 154 Å². The number of nitrogens with zero attached hydrogens (tertiary/aromatic N) is 2. The molecule has 11 nitrogen and oxygen atoms in total. The first-order chi connectivity index (χ1) is 12.8. The number of nitrogens with one attached hydrogen (secondary N) is 3. The molecule has 1 aromatic heterocycles. The lowest BCUT2D eigenvalue weighted by Crippen LogP contribution is -2.36. The number of aryl methyl sites for hydroxylation is 1. The average molecular weight is 393 g/mol. The van der Waals surface area contributed by atoms with E-state index in [-0.39, 0.29) is 34.8 Å². The number of hydrogen-bond acceptors (Lipinski definition) is 8. The van der Waals surface area contributed by atoms with Crippen molar-refractivity contribution in [1.29, 1.82) is 0 Å². The van der Waals surface area contributed by atoms with Gasteiger partial charge in [-0.1, -0.05) is 6.07 Å². The van der Waals surface area contributed by atoms with Crippen molar-refractivity contribution in [3.05, 3.63) is 30.0 Å². The summed E-state index contributed by atoms with van der Waals surface area (Å²) in [5, 5.41) is 4.72. The molecule has 12 heteroatoms. The molecule has 0 saturated heterocycles. The second-order valence-electron chi connectivity index (χ2n) is 5.40. The van der Waals surface area contributed by atoms with E-state index in [9.17, 15) is 18.0 Å². The first-order valence-electron chi connectivity index (χ1n) is 7.57. The molecule has 3 amide bonds. The molecule has 2 heterocycles. The fraction of sp³-hybridized carbons (Fsp3) is 0.200. The summed E-state index contributed by atoms with van der Waals surface area (Å²) in [6.07, 6.45) is 0. The SMILES string of the molecule is COc1cc(C)nc(NC(=O)NS(=O)(=O)c2cccc3c2OCC(=O)N3)n1. The van der Waals surface area contributed by atoms with Crippen LogP contribution in [0.3, 0.4) is 0 Å². The second kappa shape index (κ2) is 7.07. The van der Waals surface area contributed by atoms with Crippen molar-refractivity contribution in [1.82, 2.24) is 14.7 Å². The van der Waals surface area contributed by atoms with Crippen LogP contribution in [0, 0.1) is 6.92 Å². The number of sulfonamides is 1. The Balaban J connectivity index is 1.81. The number of methoxy groups -OCH3 is 1. The van der Waals surface area contributed by atoms with Crippen LogP contribution in [0.2, 0.25) is 0 Å². The van der Waals surface area contributed by atoms with Crippen LogP contribution < -0.4 is 24.8 Å². The lowest BCUT2D eigenvalue weighted by Gasteiger charge is -2.20. The van der Waals surface area contributed by atoms with Crippen LogP contribution in [-0.2, 0) is 14.8 Å². The van der Waals surface area contributed by atoms with E-state index in [1.807, 2.05) is 4.72 Å². The van der Waals surface area contributed by atoms with Crippen molar-refractivity contribution in [2.75, 3.05) is 24.4 Å². The van der Waals surface area contributed by atoms with Gasteiger partial charge in [0, 0.05) is 11.8 Å². The van der Waals surface area contributed by atoms with Gasteiger partial charge in [-0.15, -0.1) is 0 Å². The maximum absolute atomic E-state index is 12.5. The summed E-state index contributed by atoms with van der Waals surface area (Å²) in [7, 11) is -2.89. The maximum atomic E-state index is 12.5. The standard InChI is InChI=1S/C15H15N5O6S/c1-8-6-12(25-2)18-14(16-8)19-15(22)20-27(23,24)10-5-3-4-9-13(10)26-7-11(21)17-9/h3-6H,7H2,1-2H3,(H,17,21)(H2,16,18,19,20,22). The quantitative estimate of drug-likeness (QED) is 0.685. The minimum absolute atomic E-state index is 0.0501. The number of hydrogen-bond donors (Lipinski definition) is 3. The van der Waals surface area contributed by atoms with Crippen molar-refractivity contribution in [2.45, 2.75) is 11.8 Å². The number of anilines is 2. The van der Waals surface area contributed by atoms with Crippen molar-refractivity contribution in [2.24, 2.45) is 0 Å². The maximum Gasteiger partial charge on any atom is 0.335 e. The Morgan fingerprint density at radius 1 is 1.33 bits per heavy atom. The topological polar surface area (TPSA) is 149 Å². The first kappa shape index (κ1) is 18.4.